The molecule has 5 N–H and O–H groups in total. The van der Waals surface area contributed by atoms with Crippen molar-refractivity contribution in [1.82, 2.24) is 5.32 Å². The molecule has 2 aliphatic carbocycles. The van der Waals surface area contributed by atoms with Crippen LogP contribution in [0.5, 0.6) is 11.5 Å². The number of ether oxygens (including phenoxy) is 2. The Morgan fingerprint density at radius 3 is 2.71 bits per heavy atom. The molecule has 3 rings (SSSR count). The van der Waals surface area contributed by atoms with Crippen LogP contribution in [0.4, 0.5) is 0 Å². The van der Waals surface area contributed by atoms with E-state index in [0.717, 1.165) is 24.8 Å². The summed E-state index contributed by atoms with van der Waals surface area (Å²) in [6.07, 6.45) is 8.28. The fraction of sp³-hybridized carbons (Fsp3) is 0.667. The van der Waals surface area contributed by atoms with E-state index < -0.39 is 12.2 Å². The van der Waals surface area contributed by atoms with Crippen molar-refractivity contribution in [3.63, 3.8) is 0 Å². The number of methoxy groups -OCH3 is 1. The fourth-order valence-corrected chi connectivity index (χ4v) is 5.53. The van der Waals surface area contributed by atoms with Gasteiger partial charge in [-0.15, -0.1) is 5.92 Å². The molecule has 0 radical (unpaired) electrons. The second kappa shape index (κ2) is 14.3. The van der Waals surface area contributed by atoms with Crippen molar-refractivity contribution in [1.29, 1.82) is 0 Å². The lowest BCUT2D eigenvalue weighted by Crippen LogP contribution is -2.41. The topological polar surface area (TPSA) is 126 Å². The van der Waals surface area contributed by atoms with E-state index >= 15 is 0 Å². The Labute approximate surface area is 227 Å². The Bertz CT molecular complexity index is 1010. The van der Waals surface area contributed by atoms with Gasteiger partial charge >= 0.3 is 5.97 Å². The van der Waals surface area contributed by atoms with E-state index in [1.54, 1.807) is 12.1 Å². The van der Waals surface area contributed by atoms with E-state index in [1.165, 1.54) is 33.3 Å². The maximum absolute atomic E-state index is 11.9. The number of phenols is 1. The van der Waals surface area contributed by atoms with Crippen LogP contribution in [-0.2, 0) is 16.0 Å². The molecule has 0 spiro atoms. The summed E-state index contributed by atoms with van der Waals surface area (Å²) in [5.41, 5.74) is 6.80. The minimum absolute atomic E-state index is 0.0690. The number of carbonyl (C=O) groups is 1. The Kier molecular flexibility index (Phi) is 11.1. The third-order valence-electron chi connectivity index (χ3n) is 7.95. The molecule has 8 heteroatoms. The third kappa shape index (κ3) is 8.83. The number of guanidine groups is 1. The minimum atomic E-state index is -0.635. The first kappa shape index (κ1) is 29.6. The molecular weight excluding hydrogens is 482 g/mol. The second-order valence-corrected chi connectivity index (χ2v) is 10.9. The third-order valence-corrected chi connectivity index (χ3v) is 7.95. The van der Waals surface area contributed by atoms with E-state index in [-0.39, 0.29) is 23.1 Å². The van der Waals surface area contributed by atoms with Gasteiger partial charge in [-0.3, -0.25) is 9.79 Å². The molecule has 0 amide bonds. The molecule has 210 valence electrons. The van der Waals surface area contributed by atoms with Crippen molar-refractivity contribution in [3.05, 3.63) is 23.8 Å². The Balaban J connectivity index is 1.82. The van der Waals surface area contributed by atoms with Gasteiger partial charge in [-0.1, -0.05) is 38.2 Å². The number of nitrogens with two attached hydrogens (primary N) is 1. The molecule has 2 aliphatic rings. The highest BCUT2D eigenvalue weighted by molar-refractivity contribution is 5.78. The first-order valence-electron chi connectivity index (χ1n) is 14.0. The molecule has 0 aromatic heterocycles. The summed E-state index contributed by atoms with van der Waals surface area (Å²) in [6.45, 7) is 3.97. The molecule has 1 saturated carbocycles. The molecule has 0 bridgehead atoms. The molecule has 1 aromatic carbocycles. The number of nitrogens with zero attached hydrogens (tertiary/aromatic N) is 1. The van der Waals surface area contributed by atoms with Crippen LogP contribution in [0, 0.1) is 23.2 Å². The normalized spacial score (nSPS) is 27.1. The van der Waals surface area contributed by atoms with Gasteiger partial charge in [0.15, 0.2) is 17.5 Å². The van der Waals surface area contributed by atoms with Crippen LogP contribution in [-0.4, -0.2) is 54.0 Å². The standard InChI is InChI=1S/C30H45N3O5/c1-4-30(20-32-29(31)33-24-10-6-5-7-11-24)15-8-9-23(17-22-12-13-26(36)28(18-22)37-3)27(38-21(2)34)19-25(35)14-16-30/h12-13,18,23-25,27,35-36H,4-7,9-11,14,16-17,19-20H2,1-3H3,(H3,31,32,33). The SMILES string of the molecule is CCC1(CN=C(N)NC2CCCCC2)C#CCC(Cc2ccc(O)c(OC)c2)C(OC(C)=O)CC(O)CC1. The number of esters is 1. The van der Waals surface area contributed by atoms with E-state index in [2.05, 4.69) is 24.1 Å². The number of aliphatic hydroxyl groups excluding tert-OH is 1. The monoisotopic (exact) mass is 527 g/mol. The lowest BCUT2D eigenvalue weighted by atomic mass is 9.78. The summed E-state index contributed by atoms with van der Waals surface area (Å²) < 4.78 is 11.0. The fourth-order valence-electron chi connectivity index (χ4n) is 5.53. The quantitative estimate of drug-likeness (QED) is 0.174. The molecule has 38 heavy (non-hydrogen) atoms. The van der Waals surface area contributed by atoms with Crippen molar-refractivity contribution < 1.29 is 24.5 Å². The van der Waals surface area contributed by atoms with E-state index in [4.69, 9.17) is 20.2 Å². The summed E-state index contributed by atoms with van der Waals surface area (Å²) in [5, 5.41) is 24.3. The number of aliphatic hydroxyl groups is 1. The maximum atomic E-state index is 11.9. The van der Waals surface area contributed by atoms with Crippen LogP contribution in [0.25, 0.3) is 0 Å². The van der Waals surface area contributed by atoms with Crippen LogP contribution in [0.1, 0.15) is 83.6 Å². The number of phenolic OH excluding ortho intramolecular Hbond substituents is 1. The van der Waals surface area contributed by atoms with Gasteiger partial charge in [-0.05, 0) is 56.2 Å². The summed E-state index contributed by atoms with van der Waals surface area (Å²) in [4.78, 5) is 16.6. The smallest absolute Gasteiger partial charge is 0.302 e. The molecule has 0 saturated heterocycles. The number of carbonyl (C=O) groups excluding carboxylic acids is 1. The van der Waals surface area contributed by atoms with Gasteiger partial charge in [0.2, 0.25) is 0 Å². The highest BCUT2D eigenvalue weighted by Crippen LogP contribution is 2.34. The number of rotatable bonds is 8. The van der Waals surface area contributed by atoms with Gasteiger partial charge in [0, 0.05) is 31.7 Å². The molecule has 4 atom stereocenters. The molecule has 8 nitrogen and oxygen atoms in total. The number of aromatic hydroxyl groups is 1. The van der Waals surface area contributed by atoms with Crippen molar-refractivity contribution in [2.24, 2.45) is 22.1 Å². The Morgan fingerprint density at radius 2 is 2.03 bits per heavy atom. The van der Waals surface area contributed by atoms with E-state index in [1.807, 2.05) is 6.07 Å². The van der Waals surface area contributed by atoms with E-state index in [0.29, 0.717) is 56.4 Å². The van der Waals surface area contributed by atoms with Crippen LogP contribution >= 0.6 is 0 Å². The lowest BCUT2D eigenvalue weighted by Gasteiger charge is -2.32. The predicted octanol–water partition coefficient (Wildman–Crippen LogP) is 4.06. The van der Waals surface area contributed by atoms with Crippen LogP contribution in [0.15, 0.2) is 23.2 Å². The number of hydrogen-bond acceptors (Lipinski definition) is 6. The largest absolute Gasteiger partial charge is 0.504 e. The van der Waals surface area contributed by atoms with Crippen LogP contribution < -0.4 is 15.8 Å². The van der Waals surface area contributed by atoms with Crippen molar-refractivity contribution >= 4 is 11.9 Å². The summed E-state index contributed by atoms with van der Waals surface area (Å²) >= 11 is 0. The molecule has 0 aliphatic heterocycles. The zero-order valence-corrected chi connectivity index (χ0v) is 23.2. The highest BCUT2D eigenvalue weighted by Gasteiger charge is 2.32. The molecule has 0 heterocycles. The number of hydrogen-bond donors (Lipinski definition) is 4. The average Bonchev–Trinajstić information content (AvgIpc) is 2.90. The molecular formula is C30H45N3O5. The van der Waals surface area contributed by atoms with Crippen molar-refractivity contribution in [2.45, 2.75) is 103 Å². The Morgan fingerprint density at radius 1 is 1.26 bits per heavy atom. The summed E-state index contributed by atoms with van der Waals surface area (Å²) in [7, 11) is 1.51. The summed E-state index contributed by atoms with van der Waals surface area (Å²) in [5.74, 6) is 7.31. The number of nitrogens with one attached hydrogen (secondary N) is 1. The van der Waals surface area contributed by atoms with Gasteiger partial charge in [-0.25, -0.2) is 0 Å². The van der Waals surface area contributed by atoms with Gasteiger partial charge in [0.05, 0.1) is 25.2 Å². The molecule has 1 aromatic rings. The number of aliphatic imine (C=N–C) groups is 1. The second-order valence-electron chi connectivity index (χ2n) is 10.9. The Hall–Kier alpha value is -2.92. The average molecular weight is 528 g/mol. The van der Waals surface area contributed by atoms with Gasteiger partial charge in [0.25, 0.3) is 0 Å². The summed E-state index contributed by atoms with van der Waals surface area (Å²) in [6, 6.07) is 5.61. The number of benzene rings is 1. The molecule has 4 unspecified atom stereocenters. The van der Waals surface area contributed by atoms with Crippen molar-refractivity contribution in [2.75, 3.05) is 13.7 Å². The van der Waals surface area contributed by atoms with Crippen LogP contribution in [0.2, 0.25) is 0 Å². The van der Waals surface area contributed by atoms with Gasteiger partial charge in [-0.2, -0.15) is 0 Å². The first-order chi connectivity index (χ1) is 18.2. The van der Waals surface area contributed by atoms with Crippen LogP contribution in [0.3, 0.4) is 0 Å². The minimum Gasteiger partial charge on any atom is -0.504 e. The van der Waals surface area contributed by atoms with Crippen molar-refractivity contribution in [3.8, 4) is 23.3 Å². The maximum Gasteiger partial charge on any atom is 0.302 e. The van der Waals surface area contributed by atoms with Gasteiger partial charge < -0.3 is 30.7 Å². The zero-order chi connectivity index (χ0) is 27.5. The highest BCUT2D eigenvalue weighted by atomic mass is 16.5. The first-order valence-corrected chi connectivity index (χ1v) is 14.0. The zero-order valence-electron chi connectivity index (χ0n) is 23.2. The molecule has 1 fully saturated rings. The van der Waals surface area contributed by atoms with E-state index in [9.17, 15) is 15.0 Å². The lowest BCUT2D eigenvalue weighted by molar-refractivity contribution is -0.151. The van der Waals surface area contributed by atoms with Gasteiger partial charge in [0.1, 0.15) is 6.10 Å². The predicted molar refractivity (Wildman–Crippen MR) is 149 cm³/mol.